The molecular weight excluding hydrogens is 292 g/mol. The first kappa shape index (κ1) is 14.1. The van der Waals surface area contributed by atoms with Gasteiger partial charge >= 0.3 is 5.76 Å². The van der Waals surface area contributed by atoms with Gasteiger partial charge in [-0.15, -0.1) is 0 Å². The molecule has 1 aromatic heterocycles. The third-order valence-electron chi connectivity index (χ3n) is 4.43. The van der Waals surface area contributed by atoms with Gasteiger partial charge in [0, 0.05) is 19.2 Å². The van der Waals surface area contributed by atoms with Crippen LogP contribution in [-0.2, 0) is 19.6 Å². The molecule has 0 spiro atoms. The van der Waals surface area contributed by atoms with Crippen LogP contribution in [0.3, 0.4) is 0 Å². The summed E-state index contributed by atoms with van der Waals surface area (Å²) in [6.45, 7) is 2.32. The fourth-order valence-corrected chi connectivity index (χ4v) is 3.18. The highest BCUT2D eigenvalue weighted by Gasteiger charge is 2.18. The fourth-order valence-electron chi connectivity index (χ4n) is 3.18. The molecule has 3 aromatic rings. The molecule has 5 nitrogen and oxygen atoms in total. The van der Waals surface area contributed by atoms with Crippen LogP contribution >= 0.6 is 0 Å². The smallest absolute Gasteiger partial charge is 0.421 e. The Bertz CT molecular complexity index is 910. The number of aromatic nitrogens is 1. The van der Waals surface area contributed by atoms with Crippen molar-refractivity contribution in [2.24, 2.45) is 0 Å². The van der Waals surface area contributed by atoms with Crippen molar-refractivity contribution >= 4 is 11.1 Å². The minimum absolute atomic E-state index is 0.327. The molecule has 2 aromatic carbocycles. The first-order valence-corrected chi connectivity index (χ1v) is 7.71. The number of nitrogens with zero attached hydrogens (tertiary/aromatic N) is 2. The summed E-state index contributed by atoms with van der Waals surface area (Å²) in [5.74, 6) is 0.359. The first-order valence-electron chi connectivity index (χ1n) is 7.71. The van der Waals surface area contributed by atoms with Crippen molar-refractivity contribution in [2.45, 2.75) is 19.6 Å². The van der Waals surface area contributed by atoms with Crippen LogP contribution in [0.2, 0.25) is 0 Å². The van der Waals surface area contributed by atoms with Gasteiger partial charge in [-0.05, 0) is 29.7 Å². The van der Waals surface area contributed by atoms with E-state index < -0.39 is 0 Å². The fraction of sp³-hybridized carbons (Fsp3) is 0.278. The number of hydrogen-bond acceptors (Lipinski definition) is 4. The average Bonchev–Trinajstić information content (AvgIpc) is 2.89. The lowest BCUT2D eigenvalue weighted by atomic mass is 10.0. The van der Waals surface area contributed by atoms with Crippen LogP contribution in [0, 0.1) is 0 Å². The standard InChI is InChI=1S/C18H18N2O3/c1-22-15-6-7-16-17(10-15)23-18(21)20(16)12-19-9-8-13-4-2-3-5-14(13)11-19/h2-7,10H,8-9,11-12H2,1H3. The maximum atomic E-state index is 12.2. The Morgan fingerprint density at radius 1 is 1.17 bits per heavy atom. The summed E-state index contributed by atoms with van der Waals surface area (Å²) in [5.41, 5.74) is 4.10. The van der Waals surface area contributed by atoms with Gasteiger partial charge < -0.3 is 9.15 Å². The van der Waals surface area contributed by atoms with Crippen molar-refractivity contribution in [3.05, 3.63) is 64.1 Å². The minimum atomic E-state index is -0.327. The van der Waals surface area contributed by atoms with Gasteiger partial charge in [-0.2, -0.15) is 0 Å². The number of hydrogen-bond donors (Lipinski definition) is 0. The molecule has 1 aliphatic rings. The van der Waals surface area contributed by atoms with E-state index in [9.17, 15) is 4.79 Å². The second-order valence-corrected chi connectivity index (χ2v) is 5.84. The first-order chi connectivity index (χ1) is 11.2. The van der Waals surface area contributed by atoms with Crippen molar-refractivity contribution in [1.82, 2.24) is 9.47 Å². The summed E-state index contributed by atoms with van der Waals surface area (Å²) in [5, 5.41) is 0. The molecule has 0 amide bonds. The number of methoxy groups -OCH3 is 1. The Kier molecular flexibility index (Phi) is 3.42. The van der Waals surface area contributed by atoms with Gasteiger partial charge in [0.15, 0.2) is 5.58 Å². The molecule has 0 saturated heterocycles. The van der Waals surface area contributed by atoms with Crippen molar-refractivity contribution in [3.63, 3.8) is 0 Å². The predicted octanol–water partition coefficient (Wildman–Crippen LogP) is 2.62. The van der Waals surface area contributed by atoms with E-state index in [1.54, 1.807) is 17.7 Å². The van der Waals surface area contributed by atoms with Crippen LogP contribution in [0.1, 0.15) is 11.1 Å². The van der Waals surface area contributed by atoms with Crippen molar-refractivity contribution in [3.8, 4) is 5.75 Å². The van der Waals surface area contributed by atoms with Gasteiger partial charge in [-0.3, -0.25) is 9.47 Å². The Morgan fingerprint density at radius 3 is 2.83 bits per heavy atom. The number of ether oxygens (including phenoxy) is 1. The maximum Gasteiger partial charge on any atom is 0.421 e. The highest BCUT2D eigenvalue weighted by Crippen LogP contribution is 2.22. The summed E-state index contributed by atoms with van der Waals surface area (Å²) in [4.78, 5) is 14.5. The molecule has 4 rings (SSSR count). The maximum absolute atomic E-state index is 12.2. The summed E-state index contributed by atoms with van der Waals surface area (Å²) in [6.07, 6.45) is 1.01. The third kappa shape index (κ3) is 2.53. The predicted molar refractivity (Wildman–Crippen MR) is 87.6 cm³/mol. The largest absolute Gasteiger partial charge is 0.497 e. The lowest BCUT2D eigenvalue weighted by Gasteiger charge is -2.28. The molecule has 0 atom stereocenters. The molecule has 118 valence electrons. The molecule has 0 N–H and O–H groups in total. The van der Waals surface area contributed by atoms with Gasteiger partial charge in [-0.1, -0.05) is 24.3 Å². The van der Waals surface area contributed by atoms with E-state index in [0.717, 1.165) is 25.0 Å². The van der Waals surface area contributed by atoms with E-state index in [-0.39, 0.29) is 5.76 Å². The molecule has 0 radical (unpaired) electrons. The minimum Gasteiger partial charge on any atom is -0.497 e. The van der Waals surface area contributed by atoms with E-state index >= 15 is 0 Å². The average molecular weight is 310 g/mol. The molecule has 2 heterocycles. The molecule has 0 bridgehead atoms. The molecular formula is C18H18N2O3. The van der Waals surface area contributed by atoms with E-state index in [2.05, 4.69) is 29.2 Å². The number of fused-ring (bicyclic) bond motifs is 2. The zero-order chi connectivity index (χ0) is 15.8. The van der Waals surface area contributed by atoms with Crippen molar-refractivity contribution < 1.29 is 9.15 Å². The molecule has 0 fully saturated rings. The zero-order valence-electron chi connectivity index (χ0n) is 13.0. The van der Waals surface area contributed by atoms with Crippen LogP contribution in [-0.4, -0.2) is 23.1 Å². The Morgan fingerprint density at radius 2 is 2.00 bits per heavy atom. The number of benzene rings is 2. The summed E-state index contributed by atoms with van der Waals surface area (Å²) in [6, 6.07) is 13.9. The number of rotatable bonds is 3. The van der Waals surface area contributed by atoms with Crippen LogP contribution in [0.15, 0.2) is 51.7 Å². The molecule has 1 aliphatic heterocycles. The topological polar surface area (TPSA) is 47.6 Å². The highest BCUT2D eigenvalue weighted by atomic mass is 16.5. The van der Waals surface area contributed by atoms with Crippen LogP contribution < -0.4 is 10.5 Å². The quantitative estimate of drug-likeness (QED) is 0.746. The Hall–Kier alpha value is -2.53. The van der Waals surface area contributed by atoms with Crippen LogP contribution in [0.5, 0.6) is 5.75 Å². The molecule has 0 unspecified atom stereocenters. The molecule has 0 aliphatic carbocycles. The molecule has 23 heavy (non-hydrogen) atoms. The van der Waals surface area contributed by atoms with Gasteiger partial charge in [0.25, 0.3) is 0 Å². The Balaban J connectivity index is 1.64. The summed E-state index contributed by atoms with van der Waals surface area (Å²) in [7, 11) is 1.60. The van der Waals surface area contributed by atoms with Crippen LogP contribution in [0.25, 0.3) is 11.1 Å². The second-order valence-electron chi connectivity index (χ2n) is 5.84. The monoisotopic (exact) mass is 310 g/mol. The van der Waals surface area contributed by atoms with Crippen molar-refractivity contribution in [1.29, 1.82) is 0 Å². The van der Waals surface area contributed by atoms with E-state index in [0.29, 0.717) is 18.0 Å². The second kappa shape index (κ2) is 5.59. The van der Waals surface area contributed by atoms with Crippen molar-refractivity contribution in [2.75, 3.05) is 13.7 Å². The normalized spacial score (nSPS) is 14.8. The summed E-state index contributed by atoms with van der Waals surface area (Å²) < 4.78 is 12.2. The van der Waals surface area contributed by atoms with Crippen LogP contribution in [0.4, 0.5) is 0 Å². The van der Waals surface area contributed by atoms with E-state index in [4.69, 9.17) is 9.15 Å². The van der Waals surface area contributed by atoms with E-state index in [1.807, 2.05) is 12.1 Å². The Labute approximate surface area is 133 Å². The lowest BCUT2D eigenvalue weighted by molar-refractivity contribution is 0.196. The van der Waals surface area contributed by atoms with Gasteiger partial charge in [-0.25, -0.2) is 4.79 Å². The molecule has 0 saturated carbocycles. The summed E-state index contributed by atoms with van der Waals surface area (Å²) >= 11 is 0. The van der Waals surface area contributed by atoms with E-state index in [1.165, 1.54) is 11.1 Å². The SMILES string of the molecule is COc1ccc2c(c1)oc(=O)n2CN1CCc2ccccc2C1. The highest BCUT2D eigenvalue weighted by molar-refractivity contribution is 5.74. The molecule has 5 heteroatoms. The number of oxazole rings is 1. The lowest BCUT2D eigenvalue weighted by Crippen LogP contribution is -2.34. The third-order valence-corrected chi connectivity index (χ3v) is 4.43. The van der Waals surface area contributed by atoms with Gasteiger partial charge in [0.1, 0.15) is 5.75 Å². The van der Waals surface area contributed by atoms with Gasteiger partial charge in [0.2, 0.25) is 0 Å². The van der Waals surface area contributed by atoms with Gasteiger partial charge in [0.05, 0.1) is 19.3 Å². The zero-order valence-corrected chi connectivity index (χ0v) is 13.0.